The molecule has 0 saturated carbocycles. The molecule has 0 spiro atoms. The smallest absolute Gasteiger partial charge is 0.198 e. The number of fused-ring (bicyclic) bond motifs is 1. The first-order valence-corrected chi connectivity index (χ1v) is 8.40. The third-order valence-electron chi connectivity index (χ3n) is 3.70. The molecule has 0 fully saturated rings. The molecule has 0 aliphatic carbocycles. The van der Waals surface area contributed by atoms with Gasteiger partial charge in [-0.05, 0) is 31.2 Å². The van der Waals surface area contributed by atoms with Crippen LogP contribution in [0.4, 0.5) is 28.4 Å². The molecule has 3 N–H and O–H groups in total. The molecule has 0 aliphatic rings. The van der Waals surface area contributed by atoms with E-state index in [2.05, 4.69) is 33.8 Å². The number of phenols is 1. The highest BCUT2D eigenvalue weighted by atomic mass is 16.7. The van der Waals surface area contributed by atoms with Gasteiger partial charge >= 0.3 is 0 Å². The van der Waals surface area contributed by atoms with Crippen LogP contribution in [-0.4, -0.2) is 30.6 Å². The Bertz CT molecular complexity index is 1120. The molecule has 0 saturated heterocycles. The number of hydrogen-bond donors (Lipinski definition) is 2. The van der Waals surface area contributed by atoms with Gasteiger partial charge in [0.2, 0.25) is 0 Å². The highest BCUT2D eigenvalue weighted by Gasteiger charge is 2.07. The highest BCUT2D eigenvalue weighted by Crippen LogP contribution is 2.36. The van der Waals surface area contributed by atoms with Crippen LogP contribution < -0.4 is 5.73 Å². The van der Waals surface area contributed by atoms with E-state index >= 15 is 0 Å². The molecule has 0 aliphatic heterocycles. The first kappa shape index (κ1) is 24.4. The Kier molecular flexibility index (Phi) is 9.50. The summed E-state index contributed by atoms with van der Waals surface area (Å²) in [6, 6.07) is 5.56. The largest absolute Gasteiger partial charge is 0.507 e. The Labute approximate surface area is 179 Å². The van der Waals surface area contributed by atoms with Gasteiger partial charge in [0.05, 0.1) is 37.5 Å². The highest BCUT2D eigenvalue weighted by molar-refractivity contribution is 5.87. The SMILES string of the molecule is COC(C)OC.[C-]#[N+]c1cc(N)c(O)cc1[N+]#[C-].[C-]#[N+]c1cc2ncoc2cc1[N+]#[C-]. The lowest BCUT2D eigenvalue weighted by atomic mass is 10.2. The van der Waals surface area contributed by atoms with Gasteiger partial charge in [-0.2, -0.15) is 0 Å². The molecule has 0 unspecified atom stereocenters. The zero-order valence-corrected chi connectivity index (χ0v) is 16.9. The van der Waals surface area contributed by atoms with Crippen LogP contribution in [0.2, 0.25) is 0 Å². The van der Waals surface area contributed by atoms with E-state index in [0.29, 0.717) is 22.5 Å². The van der Waals surface area contributed by atoms with Crippen LogP contribution in [0.3, 0.4) is 0 Å². The lowest BCUT2D eigenvalue weighted by molar-refractivity contribution is -0.0877. The number of aromatic nitrogens is 1. The van der Waals surface area contributed by atoms with Crippen molar-refractivity contribution in [3.63, 3.8) is 0 Å². The number of phenolic OH excluding ortho intramolecular Hbond substituents is 1. The van der Waals surface area contributed by atoms with Crippen LogP contribution in [0.25, 0.3) is 30.5 Å². The van der Waals surface area contributed by atoms with Crippen molar-refractivity contribution in [3.8, 4) is 5.75 Å². The van der Waals surface area contributed by atoms with E-state index in [1.807, 2.05) is 6.92 Å². The summed E-state index contributed by atoms with van der Waals surface area (Å²) in [5.74, 6) is -0.159. The monoisotopic (exact) mass is 418 g/mol. The van der Waals surface area contributed by atoms with Crippen molar-refractivity contribution in [2.24, 2.45) is 0 Å². The molecular formula is C21H18N6O4. The molecule has 10 nitrogen and oxygen atoms in total. The zero-order valence-electron chi connectivity index (χ0n) is 16.9. The Morgan fingerprint density at radius 1 is 0.903 bits per heavy atom. The number of anilines is 1. The molecule has 3 aromatic rings. The van der Waals surface area contributed by atoms with Crippen molar-refractivity contribution in [2.45, 2.75) is 13.2 Å². The summed E-state index contributed by atoms with van der Waals surface area (Å²) < 4.78 is 14.4. The summed E-state index contributed by atoms with van der Waals surface area (Å²) in [5, 5.41) is 9.08. The number of nitrogens with zero attached hydrogens (tertiary/aromatic N) is 5. The maximum Gasteiger partial charge on any atom is 0.198 e. The van der Waals surface area contributed by atoms with Gasteiger partial charge in [0, 0.05) is 14.2 Å². The number of nitrogen functional groups attached to an aromatic ring is 1. The molecule has 1 heterocycles. The number of benzene rings is 2. The third-order valence-corrected chi connectivity index (χ3v) is 3.70. The van der Waals surface area contributed by atoms with Gasteiger partial charge in [0.1, 0.15) is 11.3 Å². The molecule has 0 amide bonds. The Morgan fingerprint density at radius 3 is 1.87 bits per heavy atom. The molecular weight excluding hydrogens is 400 g/mol. The summed E-state index contributed by atoms with van der Waals surface area (Å²) in [6.45, 7) is 28.9. The second-order valence-corrected chi connectivity index (χ2v) is 5.55. The maximum absolute atomic E-state index is 9.08. The average molecular weight is 418 g/mol. The van der Waals surface area contributed by atoms with E-state index in [9.17, 15) is 0 Å². The molecule has 3 rings (SSSR count). The Balaban J connectivity index is 0.000000249. The van der Waals surface area contributed by atoms with Crippen molar-refractivity contribution in [2.75, 3.05) is 20.0 Å². The molecule has 2 aromatic carbocycles. The van der Waals surface area contributed by atoms with Gasteiger partial charge in [-0.1, -0.05) is 0 Å². The Morgan fingerprint density at radius 2 is 1.39 bits per heavy atom. The standard InChI is InChI=1S/C9H3N3O.C8H5N3O.C4H10O2/c1-10-6-3-8-9(13-5-12-8)4-7(6)11-2;1-10-6-3-5(9)8(12)4-7(6)11-2;1-4(5-2)6-3/h3-5H;3-4,12H,9H2;4H,1-3H3. The van der Waals surface area contributed by atoms with Crippen molar-refractivity contribution in [3.05, 3.63) is 76.3 Å². The molecule has 156 valence electrons. The van der Waals surface area contributed by atoms with Gasteiger partial charge in [0.15, 0.2) is 35.4 Å². The fourth-order valence-corrected chi connectivity index (χ4v) is 1.92. The van der Waals surface area contributed by atoms with Crippen LogP contribution in [0, 0.1) is 26.3 Å². The minimum Gasteiger partial charge on any atom is -0.507 e. The van der Waals surface area contributed by atoms with E-state index in [0.717, 1.165) is 0 Å². The second-order valence-electron chi connectivity index (χ2n) is 5.55. The predicted molar refractivity (Wildman–Crippen MR) is 115 cm³/mol. The molecule has 0 bridgehead atoms. The third kappa shape index (κ3) is 6.74. The van der Waals surface area contributed by atoms with Crippen molar-refractivity contribution in [1.29, 1.82) is 0 Å². The normalized spacial score (nSPS) is 9.16. The van der Waals surface area contributed by atoms with Crippen LogP contribution >= 0.6 is 0 Å². The van der Waals surface area contributed by atoms with Gasteiger partial charge in [-0.3, -0.25) is 9.69 Å². The Hall–Kier alpha value is -4.61. The number of hydrogen-bond acceptors (Lipinski definition) is 6. The van der Waals surface area contributed by atoms with E-state index in [1.165, 1.54) is 24.6 Å². The predicted octanol–water partition coefficient (Wildman–Crippen LogP) is 5.63. The van der Waals surface area contributed by atoms with E-state index in [1.54, 1.807) is 20.3 Å². The fraction of sp³-hybridized carbons (Fsp3) is 0.190. The van der Waals surface area contributed by atoms with Crippen LogP contribution in [0.1, 0.15) is 6.92 Å². The van der Waals surface area contributed by atoms with Gasteiger partial charge in [0.25, 0.3) is 0 Å². The fourth-order valence-electron chi connectivity index (χ4n) is 1.92. The topological polar surface area (TPSA) is 108 Å². The molecule has 0 atom stereocenters. The first-order chi connectivity index (χ1) is 14.8. The van der Waals surface area contributed by atoms with Crippen molar-refractivity contribution >= 4 is 39.5 Å². The van der Waals surface area contributed by atoms with E-state index < -0.39 is 0 Å². The minimum atomic E-state index is -0.159. The second kappa shape index (κ2) is 12.1. The molecule has 10 heteroatoms. The summed E-state index contributed by atoms with van der Waals surface area (Å²) >= 11 is 0. The molecule has 0 radical (unpaired) electrons. The van der Waals surface area contributed by atoms with Gasteiger partial charge in [-0.15, -0.1) is 0 Å². The minimum absolute atomic E-state index is 0.0648. The number of ether oxygens (including phenoxy) is 2. The van der Waals surface area contributed by atoms with Crippen LogP contribution in [0.15, 0.2) is 35.1 Å². The average Bonchev–Trinajstić information content (AvgIpc) is 3.27. The van der Waals surface area contributed by atoms with Crippen molar-refractivity contribution in [1.82, 2.24) is 4.98 Å². The molecule has 31 heavy (non-hydrogen) atoms. The summed E-state index contributed by atoms with van der Waals surface area (Å²) in [7, 11) is 3.21. The van der Waals surface area contributed by atoms with E-state index in [-0.39, 0.29) is 29.1 Å². The van der Waals surface area contributed by atoms with E-state index in [4.69, 9.17) is 41.5 Å². The number of aromatic hydroxyl groups is 1. The number of methoxy groups -OCH3 is 2. The first-order valence-electron chi connectivity index (χ1n) is 8.40. The quantitative estimate of drug-likeness (QED) is 0.242. The lowest BCUT2D eigenvalue weighted by Crippen LogP contribution is -2.05. The number of nitrogens with two attached hydrogens (primary N) is 1. The molecule has 1 aromatic heterocycles. The van der Waals surface area contributed by atoms with Crippen LogP contribution in [0.5, 0.6) is 5.75 Å². The number of rotatable bonds is 2. The summed E-state index contributed by atoms with van der Waals surface area (Å²) in [6.07, 6.45) is 1.23. The van der Waals surface area contributed by atoms with Gasteiger partial charge in [-0.25, -0.2) is 14.7 Å². The number of oxazole rings is 1. The van der Waals surface area contributed by atoms with Gasteiger partial charge < -0.3 is 24.7 Å². The maximum atomic E-state index is 9.08. The zero-order chi connectivity index (χ0) is 23.4. The summed E-state index contributed by atoms with van der Waals surface area (Å²) in [5.41, 5.74) is 7.50. The van der Waals surface area contributed by atoms with Crippen molar-refractivity contribution < 1.29 is 19.0 Å². The summed E-state index contributed by atoms with van der Waals surface area (Å²) in [4.78, 5) is 16.5. The van der Waals surface area contributed by atoms with Crippen LogP contribution in [-0.2, 0) is 9.47 Å². The lowest BCUT2D eigenvalue weighted by Gasteiger charge is -2.03.